The number of halogens is 1. The maximum atomic E-state index is 12.1. The second kappa shape index (κ2) is 6.62. The number of rotatable bonds is 3. The highest BCUT2D eigenvalue weighted by Gasteiger charge is 2.16. The summed E-state index contributed by atoms with van der Waals surface area (Å²) in [7, 11) is 0. The van der Waals surface area contributed by atoms with Crippen LogP contribution in [0.1, 0.15) is 35.2 Å². The topological polar surface area (TPSA) is 29.1 Å². The van der Waals surface area contributed by atoms with Crippen molar-refractivity contribution in [2.75, 3.05) is 12.3 Å². The van der Waals surface area contributed by atoms with Crippen molar-refractivity contribution in [2.45, 2.75) is 31.4 Å². The lowest BCUT2D eigenvalue weighted by atomic mass is 10.1. The fraction of sp³-hybridized carbons (Fsp3) is 0.500. The predicted molar refractivity (Wildman–Crippen MR) is 81.3 cm³/mol. The highest BCUT2D eigenvalue weighted by molar-refractivity contribution is 9.10. The molecule has 0 saturated carbocycles. The summed E-state index contributed by atoms with van der Waals surface area (Å²) in [4.78, 5) is 12.1. The third kappa shape index (κ3) is 3.75. The van der Waals surface area contributed by atoms with Crippen molar-refractivity contribution in [1.82, 2.24) is 5.32 Å². The second-order valence-corrected chi connectivity index (χ2v) is 6.94. The Kier molecular flexibility index (Phi) is 5.13. The molecule has 0 spiro atoms. The molecule has 1 aliphatic rings. The van der Waals surface area contributed by atoms with E-state index in [4.69, 9.17) is 0 Å². The molecule has 2 rings (SSSR count). The molecule has 1 amide bonds. The minimum Gasteiger partial charge on any atom is -0.351 e. The molecular weight excluding hydrogens is 310 g/mol. The van der Waals surface area contributed by atoms with E-state index in [1.807, 2.05) is 36.9 Å². The Hall–Kier alpha value is -0.480. The van der Waals surface area contributed by atoms with Crippen LogP contribution in [0.5, 0.6) is 0 Å². The zero-order chi connectivity index (χ0) is 13.0. The zero-order valence-electron chi connectivity index (χ0n) is 10.5. The highest BCUT2D eigenvalue weighted by atomic mass is 79.9. The van der Waals surface area contributed by atoms with Crippen molar-refractivity contribution >= 4 is 33.6 Å². The summed E-state index contributed by atoms with van der Waals surface area (Å²) in [5, 5.41) is 3.63. The SMILES string of the molecule is Cc1ccc(C(=O)NCC2CCCCS2)c(Br)c1. The molecule has 4 heteroatoms. The van der Waals surface area contributed by atoms with Crippen LogP contribution in [0.2, 0.25) is 0 Å². The van der Waals surface area contributed by atoms with Crippen molar-refractivity contribution in [3.8, 4) is 0 Å². The summed E-state index contributed by atoms with van der Waals surface area (Å²) in [6.07, 6.45) is 3.83. The van der Waals surface area contributed by atoms with Crippen LogP contribution in [0.25, 0.3) is 0 Å². The Morgan fingerprint density at radius 3 is 3.00 bits per heavy atom. The lowest BCUT2D eigenvalue weighted by molar-refractivity contribution is 0.0952. The molecule has 98 valence electrons. The monoisotopic (exact) mass is 327 g/mol. The number of amides is 1. The number of carbonyl (C=O) groups is 1. The van der Waals surface area contributed by atoms with E-state index in [-0.39, 0.29) is 5.91 Å². The normalized spacial score (nSPS) is 19.6. The number of aryl methyl sites for hydroxylation is 1. The first-order chi connectivity index (χ1) is 8.66. The number of benzene rings is 1. The Morgan fingerprint density at radius 1 is 1.50 bits per heavy atom. The van der Waals surface area contributed by atoms with Crippen LogP contribution in [-0.4, -0.2) is 23.5 Å². The average molecular weight is 328 g/mol. The lowest BCUT2D eigenvalue weighted by Crippen LogP contribution is -2.32. The van der Waals surface area contributed by atoms with Crippen LogP contribution in [-0.2, 0) is 0 Å². The van der Waals surface area contributed by atoms with E-state index in [1.165, 1.54) is 25.0 Å². The molecule has 1 N–H and O–H groups in total. The van der Waals surface area contributed by atoms with Gasteiger partial charge < -0.3 is 5.32 Å². The van der Waals surface area contributed by atoms with Crippen molar-refractivity contribution in [2.24, 2.45) is 0 Å². The molecule has 0 aliphatic carbocycles. The third-order valence-electron chi connectivity index (χ3n) is 3.13. The van der Waals surface area contributed by atoms with Gasteiger partial charge in [-0.1, -0.05) is 12.5 Å². The van der Waals surface area contributed by atoms with E-state index in [9.17, 15) is 4.79 Å². The Balaban J connectivity index is 1.90. The minimum absolute atomic E-state index is 0.0213. The lowest BCUT2D eigenvalue weighted by Gasteiger charge is -2.21. The van der Waals surface area contributed by atoms with Gasteiger partial charge in [0.2, 0.25) is 0 Å². The van der Waals surface area contributed by atoms with Gasteiger partial charge in [0.15, 0.2) is 0 Å². The van der Waals surface area contributed by atoms with Crippen molar-refractivity contribution in [3.63, 3.8) is 0 Å². The summed E-state index contributed by atoms with van der Waals surface area (Å²) in [5.41, 5.74) is 1.88. The van der Waals surface area contributed by atoms with Gasteiger partial charge in [-0.15, -0.1) is 0 Å². The molecule has 1 atom stereocenters. The molecule has 1 saturated heterocycles. The maximum absolute atomic E-state index is 12.1. The maximum Gasteiger partial charge on any atom is 0.252 e. The molecule has 1 aliphatic heterocycles. The molecule has 1 aromatic rings. The smallest absolute Gasteiger partial charge is 0.252 e. The average Bonchev–Trinajstić information content (AvgIpc) is 2.37. The highest BCUT2D eigenvalue weighted by Crippen LogP contribution is 2.24. The number of thioether (sulfide) groups is 1. The molecule has 0 radical (unpaired) electrons. The Morgan fingerprint density at radius 2 is 2.33 bits per heavy atom. The molecule has 18 heavy (non-hydrogen) atoms. The zero-order valence-corrected chi connectivity index (χ0v) is 12.9. The second-order valence-electron chi connectivity index (χ2n) is 4.68. The van der Waals surface area contributed by atoms with Gasteiger partial charge in [-0.25, -0.2) is 0 Å². The van der Waals surface area contributed by atoms with E-state index in [2.05, 4.69) is 21.2 Å². The van der Waals surface area contributed by atoms with E-state index in [0.29, 0.717) is 5.25 Å². The van der Waals surface area contributed by atoms with Crippen LogP contribution >= 0.6 is 27.7 Å². The summed E-state index contributed by atoms with van der Waals surface area (Å²) in [5.74, 6) is 1.25. The largest absolute Gasteiger partial charge is 0.351 e. The fourth-order valence-corrected chi connectivity index (χ4v) is 3.99. The molecule has 1 aromatic carbocycles. The number of carbonyl (C=O) groups excluding carboxylic acids is 1. The first kappa shape index (κ1) is 13.9. The van der Waals surface area contributed by atoms with Gasteiger partial charge in [0.25, 0.3) is 5.91 Å². The van der Waals surface area contributed by atoms with E-state index in [0.717, 1.165) is 22.1 Å². The fourth-order valence-electron chi connectivity index (χ4n) is 2.07. The van der Waals surface area contributed by atoms with Crippen LogP contribution < -0.4 is 5.32 Å². The van der Waals surface area contributed by atoms with Crippen LogP contribution in [0.15, 0.2) is 22.7 Å². The minimum atomic E-state index is 0.0213. The molecule has 1 fully saturated rings. The number of hydrogen-bond acceptors (Lipinski definition) is 2. The van der Waals surface area contributed by atoms with Gasteiger partial charge in [-0.05, 0) is 59.1 Å². The third-order valence-corrected chi connectivity index (χ3v) is 5.19. The quantitative estimate of drug-likeness (QED) is 0.915. The molecule has 0 aromatic heterocycles. The van der Waals surface area contributed by atoms with Crippen molar-refractivity contribution in [3.05, 3.63) is 33.8 Å². The van der Waals surface area contributed by atoms with Gasteiger partial charge in [0.05, 0.1) is 5.56 Å². The molecule has 2 nitrogen and oxygen atoms in total. The standard InChI is InChI=1S/C14H18BrNOS/c1-10-5-6-12(13(15)8-10)14(17)16-9-11-4-2-3-7-18-11/h5-6,8,11H,2-4,7,9H2,1H3,(H,16,17). The molecule has 1 unspecified atom stereocenters. The Bertz CT molecular complexity index is 430. The van der Waals surface area contributed by atoms with Gasteiger partial charge in [0, 0.05) is 16.3 Å². The van der Waals surface area contributed by atoms with Gasteiger partial charge in [-0.2, -0.15) is 11.8 Å². The van der Waals surface area contributed by atoms with E-state index >= 15 is 0 Å². The van der Waals surface area contributed by atoms with Crippen LogP contribution in [0, 0.1) is 6.92 Å². The van der Waals surface area contributed by atoms with Gasteiger partial charge in [0.1, 0.15) is 0 Å². The van der Waals surface area contributed by atoms with Crippen molar-refractivity contribution < 1.29 is 4.79 Å². The van der Waals surface area contributed by atoms with Gasteiger partial charge in [-0.3, -0.25) is 4.79 Å². The summed E-state index contributed by atoms with van der Waals surface area (Å²) >= 11 is 5.43. The summed E-state index contributed by atoms with van der Waals surface area (Å²) in [6.45, 7) is 2.80. The first-order valence-electron chi connectivity index (χ1n) is 6.33. The van der Waals surface area contributed by atoms with Gasteiger partial charge >= 0.3 is 0 Å². The molecular formula is C14H18BrNOS. The van der Waals surface area contributed by atoms with E-state index < -0.39 is 0 Å². The van der Waals surface area contributed by atoms with E-state index in [1.54, 1.807) is 0 Å². The predicted octanol–water partition coefficient (Wildman–Crippen LogP) is 3.77. The number of nitrogens with one attached hydrogen (secondary N) is 1. The summed E-state index contributed by atoms with van der Waals surface area (Å²) in [6, 6.07) is 5.82. The Labute approximate surface area is 121 Å². The summed E-state index contributed by atoms with van der Waals surface area (Å²) < 4.78 is 0.872. The van der Waals surface area contributed by atoms with Crippen LogP contribution in [0.3, 0.4) is 0 Å². The molecule has 1 heterocycles. The first-order valence-corrected chi connectivity index (χ1v) is 8.17. The number of hydrogen-bond donors (Lipinski definition) is 1. The van der Waals surface area contributed by atoms with Crippen molar-refractivity contribution in [1.29, 1.82) is 0 Å². The van der Waals surface area contributed by atoms with Crippen LogP contribution in [0.4, 0.5) is 0 Å². The molecule has 0 bridgehead atoms.